The molecule has 0 unspecified atom stereocenters. The maximum Gasteiger partial charge on any atom is 0.337 e. The average Bonchev–Trinajstić information content (AvgIpc) is 2.74. The molecule has 1 heterocycles. The molecule has 0 radical (unpaired) electrons. The summed E-state index contributed by atoms with van der Waals surface area (Å²) in [5.74, 6) is -0.108. The van der Waals surface area contributed by atoms with E-state index < -0.39 is 5.97 Å². The van der Waals surface area contributed by atoms with E-state index in [4.69, 9.17) is 0 Å². The predicted octanol–water partition coefficient (Wildman–Crippen LogP) is 3.23. The van der Waals surface area contributed by atoms with Crippen molar-refractivity contribution in [2.24, 2.45) is 11.8 Å². The van der Waals surface area contributed by atoms with E-state index in [9.17, 15) is 14.4 Å². The lowest BCUT2D eigenvalue weighted by atomic mass is 9.80. The molecular weight excluding hydrogens is 344 g/mol. The number of carbonyl (C=O) groups is 3. The number of methoxy groups -OCH3 is 1. The Kier molecular flexibility index (Phi) is 6.48. The smallest absolute Gasteiger partial charge is 0.337 e. The molecule has 146 valence electrons. The summed E-state index contributed by atoms with van der Waals surface area (Å²) in [6, 6.07) is 6.68. The summed E-state index contributed by atoms with van der Waals surface area (Å²) in [5.41, 5.74) is 1.12. The highest BCUT2D eigenvalue weighted by molar-refractivity contribution is 5.94. The number of benzene rings is 1. The Hall–Kier alpha value is -2.37. The first-order valence-corrected chi connectivity index (χ1v) is 9.86. The van der Waals surface area contributed by atoms with E-state index in [1.54, 1.807) is 24.3 Å². The van der Waals surface area contributed by atoms with Crippen LogP contribution in [0.3, 0.4) is 0 Å². The lowest BCUT2D eigenvalue weighted by molar-refractivity contribution is -0.138. The van der Waals surface area contributed by atoms with Gasteiger partial charge in [-0.05, 0) is 69.2 Å². The van der Waals surface area contributed by atoms with Gasteiger partial charge >= 0.3 is 5.97 Å². The minimum atomic E-state index is -0.399. The van der Waals surface area contributed by atoms with Gasteiger partial charge in [0.1, 0.15) is 0 Å². The number of rotatable bonds is 4. The van der Waals surface area contributed by atoms with Gasteiger partial charge in [-0.25, -0.2) is 4.79 Å². The van der Waals surface area contributed by atoms with Gasteiger partial charge in [0, 0.05) is 30.6 Å². The second kappa shape index (κ2) is 9.02. The molecule has 1 saturated heterocycles. The van der Waals surface area contributed by atoms with Crippen molar-refractivity contribution in [2.75, 3.05) is 25.5 Å². The zero-order valence-corrected chi connectivity index (χ0v) is 15.9. The van der Waals surface area contributed by atoms with Crippen LogP contribution in [0.2, 0.25) is 0 Å². The molecule has 2 aliphatic rings. The summed E-state index contributed by atoms with van der Waals surface area (Å²) in [6.45, 7) is 1.78. The highest BCUT2D eigenvalue weighted by Crippen LogP contribution is 2.31. The van der Waals surface area contributed by atoms with E-state index in [1.807, 2.05) is 4.90 Å². The van der Waals surface area contributed by atoms with Crippen molar-refractivity contribution >= 4 is 23.5 Å². The van der Waals surface area contributed by atoms with E-state index in [1.165, 1.54) is 13.5 Å². The highest BCUT2D eigenvalue weighted by atomic mass is 16.5. The van der Waals surface area contributed by atoms with Crippen molar-refractivity contribution < 1.29 is 19.1 Å². The molecule has 27 heavy (non-hydrogen) atoms. The van der Waals surface area contributed by atoms with Gasteiger partial charge in [0.25, 0.3) is 0 Å². The monoisotopic (exact) mass is 372 g/mol. The SMILES string of the molecule is COC(=O)c1ccc(NC(=O)C2CCC(C(=O)N3CCCCC3)CC2)cc1. The molecular formula is C21H28N2O4. The maximum atomic E-state index is 12.6. The van der Waals surface area contributed by atoms with E-state index in [0.29, 0.717) is 11.3 Å². The van der Waals surface area contributed by atoms with Crippen LogP contribution < -0.4 is 5.32 Å². The number of hydrogen-bond donors (Lipinski definition) is 1. The van der Waals surface area contributed by atoms with Crippen molar-refractivity contribution in [1.82, 2.24) is 4.90 Å². The van der Waals surface area contributed by atoms with E-state index >= 15 is 0 Å². The second-order valence-electron chi connectivity index (χ2n) is 7.49. The average molecular weight is 372 g/mol. The Morgan fingerprint density at radius 2 is 1.52 bits per heavy atom. The fourth-order valence-electron chi connectivity index (χ4n) is 4.03. The van der Waals surface area contributed by atoms with Gasteiger partial charge in [-0.3, -0.25) is 9.59 Å². The van der Waals surface area contributed by atoms with E-state index in [-0.39, 0.29) is 23.7 Å². The van der Waals surface area contributed by atoms with Gasteiger partial charge < -0.3 is 15.0 Å². The van der Waals surface area contributed by atoms with Crippen LogP contribution in [-0.4, -0.2) is 42.9 Å². The fourth-order valence-corrected chi connectivity index (χ4v) is 4.03. The third-order valence-corrected chi connectivity index (χ3v) is 5.69. The van der Waals surface area contributed by atoms with Gasteiger partial charge in [0.05, 0.1) is 12.7 Å². The number of esters is 1. The Morgan fingerprint density at radius 3 is 2.11 bits per heavy atom. The standard InChI is InChI=1S/C21H28N2O4/c1-27-21(26)17-9-11-18(12-10-17)22-19(24)15-5-7-16(8-6-15)20(25)23-13-3-2-4-14-23/h9-12,15-16H,2-8,13-14H2,1H3,(H,22,24). The number of likely N-dealkylation sites (tertiary alicyclic amines) is 1. The van der Waals surface area contributed by atoms with Gasteiger partial charge in [0.2, 0.25) is 11.8 Å². The molecule has 6 heteroatoms. The molecule has 1 saturated carbocycles. The summed E-state index contributed by atoms with van der Waals surface area (Å²) >= 11 is 0. The summed E-state index contributed by atoms with van der Waals surface area (Å²) < 4.78 is 4.67. The first-order chi connectivity index (χ1) is 13.1. The Labute approximate surface area is 160 Å². The normalized spacial score (nSPS) is 22.8. The molecule has 1 aromatic rings. The molecule has 0 aromatic heterocycles. The Morgan fingerprint density at radius 1 is 0.926 bits per heavy atom. The van der Waals surface area contributed by atoms with Crippen LogP contribution in [0.4, 0.5) is 5.69 Å². The molecule has 1 N–H and O–H groups in total. The van der Waals surface area contributed by atoms with Gasteiger partial charge in [-0.2, -0.15) is 0 Å². The molecule has 6 nitrogen and oxygen atoms in total. The molecule has 0 bridgehead atoms. The quantitative estimate of drug-likeness (QED) is 0.824. The summed E-state index contributed by atoms with van der Waals surface area (Å²) in [5, 5.41) is 2.92. The largest absolute Gasteiger partial charge is 0.465 e. The minimum Gasteiger partial charge on any atom is -0.465 e. The molecule has 1 aliphatic carbocycles. The number of amides is 2. The molecule has 3 rings (SSSR count). The molecule has 2 amide bonds. The van der Waals surface area contributed by atoms with Crippen LogP contribution >= 0.6 is 0 Å². The maximum absolute atomic E-state index is 12.6. The number of ether oxygens (including phenoxy) is 1. The van der Waals surface area contributed by atoms with E-state index in [0.717, 1.165) is 51.6 Å². The molecule has 0 spiro atoms. The number of carbonyl (C=O) groups excluding carboxylic acids is 3. The summed E-state index contributed by atoms with van der Waals surface area (Å²) in [6.07, 6.45) is 6.50. The van der Waals surface area contributed by atoms with Gasteiger partial charge in [0.15, 0.2) is 0 Å². The van der Waals surface area contributed by atoms with Crippen molar-refractivity contribution in [3.8, 4) is 0 Å². The zero-order valence-electron chi connectivity index (χ0n) is 15.9. The van der Waals surface area contributed by atoms with E-state index in [2.05, 4.69) is 10.1 Å². The third-order valence-electron chi connectivity index (χ3n) is 5.69. The number of anilines is 1. The first-order valence-electron chi connectivity index (χ1n) is 9.86. The summed E-state index contributed by atoms with van der Waals surface area (Å²) in [7, 11) is 1.34. The fraction of sp³-hybridized carbons (Fsp3) is 0.571. The van der Waals surface area contributed by atoms with Crippen LogP contribution in [0.15, 0.2) is 24.3 Å². The van der Waals surface area contributed by atoms with Crippen LogP contribution in [0.1, 0.15) is 55.3 Å². The van der Waals surface area contributed by atoms with Crippen molar-refractivity contribution in [3.05, 3.63) is 29.8 Å². The number of nitrogens with one attached hydrogen (secondary N) is 1. The van der Waals surface area contributed by atoms with Crippen LogP contribution in [0.25, 0.3) is 0 Å². The van der Waals surface area contributed by atoms with Crippen molar-refractivity contribution in [3.63, 3.8) is 0 Å². The molecule has 1 aromatic carbocycles. The molecule has 0 atom stereocenters. The Balaban J connectivity index is 1.48. The number of hydrogen-bond acceptors (Lipinski definition) is 4. The predicted molar refractivity (Wildman–Crippen MR) is 102 cm³/mol. The van der Waals surface area contributed by atoms with Crippen LogP contribution in [0, 0.1) is 11.8 Å². The lowest BCUT2D eigenvalue weighted by Gasteiger charge is -2.33. The second-order valence-corrected chi connectivity index (χ2v) is 7.49. The highest BCUT2D eigenvalue weighted by Gasteiger charge is 2.32. The van der Waals surface area contributed by atoms with Gasteiger partial charge in [-0.15, -0.1) is 0 Å². The van der Waals surface area contributed by atoms with Crippen molar-refractivity contribution in [1.29, 1.82) is 0 Å². The topological polar surface area (TPSA) is 75.7 Å². The number of nitrogens with zero attached hydrogens (tertiary/aromatic N) is 1. The number of piperidine rings is 1. The lowest BCUT2D eigenvalue weighted by Crippen LogP contribution is -2.41. The molecule has 2 fully saturated rings. The third kappa shape index (κ3) is 4.87. The first kappa shape index (κ1) is 19.4. The minimum absolute atomic E-state index is 0.00955. The van der Waals surface area contributed by atoms with Crippen LogP contribution in [0.5, 0.6) is 0 Å². The summed E-state index contributed by atoms with van der Waals surface area (Å²) in [4.78, 5) is 38.6. The van der Waals surface area contributed by atoms with Crippen LogP contribution in [-0.2, 0) is 14.3 Å². The van der Waals surface area contributed by atoms with Crippen molar-refractivity contribution in [2.45, 2.75) is 44.9 Å². The zero-order chi connectivity index (χ0) is 19.2. The van der Waals surface area contributed by atoms with Gasteiger partial charge in [-0.1, -0.05) is 0 Å². The molecule has 1 aliphatic heterocycles. The Bertz CT molecular complexity index is 672.